The lowest BCUT2D eigenvalue weighted by molar-refractivity contribution is -0.134. The van der Waals surface area contributed by atoms with Gasteiger partial charge in [-0.25, -0.2) is 9.38 Å². The van der Waals surface area contributed by atoms with Crippen LogP contribution in [0.4, 0.5) is 4.39 Å². The van der Waals surface area contributed by atoms with Crippen LogP contribution in [0.25, 0.3) is 0 Å². The molecule has 0 radical (unpaired) electrons. The normalized spacial score (nSPS) is 21.2. The fourth-order valence-corrected chi connectivity index (χ4v) is 2.95. The largest absolute Gasteiger partial charge is 0.475 e. The van der Waals surface area contributed by atoms with E-state index < -0.39 is 10.6 Å². The van der Waals surface area contributed by atoms with Crippen LogP contribution in [0.3, 0.4) is 0 Å². The van der Waals surface area contributed by atoms with Gasteiger partial charge in [-0.3, -0.25) is 4.79 Å². The first-order valence-corrected chi connectivity index (χ1v) is 8.12. The predicted molar refractivity (Wildman–Crippen MR) is 87.5 cm³/mol. The highest BCUT2D eigenvalue weighted by atomic mass is 79.9. The summed E-state index contributed by atoms with van der Waals surface area (Å²) < 4.78 is 18.8. The summed E-state index contributed by atoms with van der Waals surface area (Å²) in [6.45, 7) is 5.71. The Kier molecular flexibility index (Phi) is 5.37. The second kappa shape index (κ2) is 7.09. The van der Waals surface area contributed by atoms with Crippen molar-refractivity contribution in [2.45, 2.75) is 44.4 Å². The molecule has 23 heavy (non-hydrogen) atoms. The Morgan fingerprint density at radius 3 is 2.83 bits per heavy atom. The number of carbonyl (C=O) groups excluding carboxylic acids is 1. The van der Waals surface area contributed by atoms with Crippen molar-refractivity contribution in [3.63, 3.8) is 0 Å². The minimum atomic E-state index is -0.660. The SMILES string of the molecule is CC(C)N1C(=O)C(Br)C(OCc2ccc(F)cc2C#N)=NC1C. The molecular formula is C16H17BrFN3O2. The van der Waals surface area contributed by atoms with Crippen LogP contribution < -0.4 is 0 Å². The quantitative estimate of drug-likeness (QED) is 0.755. The van der Waals surface area contributed by atoms with Gasteiger partial charge in [-0.2, -0.15) is 5.26 Å². The Morgan fingerprint density at radius 2 is 2.22 bits per heavy atom. The number of carbonyl (C=O) groups is 1. The van der Waals surface area contributed by atoms with Gasteiger partial charge >= 0.3 is 0 Å². The monoisotopic (exact) mass is 381 g/mol. The van der Waals surface area contributed by atoms with Crippen LogP contribution in [0.2, 0.25) is 0 Å². The van der Waals surface area contributed by atoms with Crippen LogP contribution in [0.1, 0.15) is 31.9 Å². The van der Waals surface area contributed by atoms with Crippen LogP contribution in [0.5, 0.6) is 0 Å². The molecule has 7 heteroatoms. The van der Waals surface area contributed by atoms with Gasteiger partial charge in [-0.15, -0.1) is 0 Å². The number of rotatable bonds is 3. The second-order valence-corrected chi connectivity index (χ2v) is 6.42. The summed E-state index contributed by atoms with van der Waals surface area (Å²) >= 11 is 3.31. The minimum absolute atomic E-state index is 0.0325. The third-order valence-electron chi connectivity index (χ3n) is 3.53. The van der Waals surface area contributed by atoms with Gasteiger partial charge in [0.1, 0.15) is 18.6 Å². The summed E-state index contributed by atoms with van der Waals surface area (Å²) in [5.41, 5.74) is 0.749. The van der Waals surface area contributed by atoms with Crippen molar-refractivity contribution >= 4 is 27.7 Å². The molecule has 2 atom stereocenters. The Hall–Kier alpha value is -1.94. The standard InChI is InChI=1S/C16H17BrFN3O2/c1-9(2)21-10(3)20-15(14(17)16(21)22)23-8-11-4-5-13(18)6-12(11)7-19/h4-6,9-10,14H,8H2,1-3H3. The van der Waals surface area contributed by atoms with Gasteiger partial charge in [0.15, 0.2) is 4.83 Å². The van der Waals surface area contributed by atoms with E-state index in [1.807, 2.05) is 26.8 Å². The molecule has 2 rings (SSSR count). The summed E-state index contributed by atoms with van der Waals surface area (Å²) in [6.07, 6.45) is -0.324. The maximum Gasteiger partial charge on any atom is 0.247 e. The molecular weight excluding hydrogens is 365 g/mol. The number of ether oxygens (including phenoxy) is 1. The Balaban J connectivity index is 2.17. The summed E-state index contributed by atoms with van der Waals surface area (Å²) in [5, 5.41) is 9.04. The predicted octanol–water partition coefficient (Wildman–Crippen LogP) is 2.97. The highest BCUT2D eigenvalue weighted by Gasteiger charge is 2.37. The molecule has 1 aromatic rings. The third-order valence-corrected chi connectivity index (χ3v) is 4.31. The average molecular weight is 382 g/mol. The lowest BCUT2D eigenvalue weighted by Crippen LogP contribution is -2.52. The number of hydrogen-bond acceptors (Lipinski definition) is 4. The number of nitriles is 1. The highest BCUT2D eigenvalue weighted by Crippen LogP contribution is 2.22. The summed E-state index contributed by atoms with van der Waals surface area (Å²) in [6, 6.07) is 5.87. The zero-order valence-electron chi connectivity index (χ0n) is 13.1. The van der Waals surface area contributed by atoms with E-state index in [0.717, 1.165) is 6.07 Å². The van der Waals surface area contributed by atoms with E-state index in [1.165, 1.54) is 12.1 Å². The second-order valence-electron chi connectivity index (χ2n) is 5.50. The first-order chi connectivity index (χ1) is 10.8. The molecule has 0 bridgehead atoms. The number of halogens is 2. The molecule has 122 valence electrons. The number of alkyl halides is 1. The van der Waals surface area contributed by atoms with Crippen LogP contribution in [0.15, 0.2) is 23.2 Å². The molecule has 0 fully saturated rings. The molecule has 1 aromatic carbocycles. The van der Waals surface area contributed by atoms with Crippen LogP contribution in [-0.4, -0.2) is 33.7 Å². The minimum Gasteiger partial charge on any atom is -0.475 e. The highest BCUT2D eigenvalue weighted by molar-refractivity contribution is 9.10. The number of aliphatic imine (C=N–C) groups is 1. The number of amides is 1. The van der Waals surface area contributed by atoms with Crippen molar-refractivity contribution in [2.24, 2.45) is 4.99 Å². The third kappa shape index (κ3) is 3.70. The Bertz CT molecular complexity index is 684. The van der Waals surface area contributed by atoms with E-state index in [2.05, 4.69) is 20.9 Å². The van der Waals surface area contributed by atoms with E-state index in [4.69, 9.17) is 10.00 Å². The molecule has 0 spiro atoms. The first-order valence-electron chi connectivity index (χ1n) is 7.20. The van der Waals surface area contributed by atoms with Gasteiger partial charge in [0, 0.05) is 11.6 Å². The Labute approximate surface area is 142 Å². The molecule has 0 saturated carbocycles. The molecule has 0 N–H and O–H groups in total. The first kappa shape index (κ1) is 17.4. The fraction of sp³-hybridized carbons (Fsp3) is 0.438. The fourth-order valence-electron chi connectivity index (χ4n) is 2.46. The zero-order valence-corrected chi connectivity index (χ0v) is 14.7. The van der Waals surface area contributed by atoms with E-state index in [1.54, 1.807) is 4.90 Å². The zero-order chi connectivity index (χ0) is 17.1. The maximum atomic E-state index is 13.1. The smallest absolute Gasteiger partial charge is 0.247 e. The summed E-state index contributed by atoms with van der Waals surface area (Å²) in [4.78, 5) is 17.8. The van der Waals surface area contributed by atoms with Crippen molar-refractivity contribution in [1.29, 1.82) is 5.26 Å². The Morgan fingerprint density at radius 1 is 1.52 bits per heavy atom. The van der Waals surface area contributed by atoms with E-state index in [0.29, 0.717) is 5.56 Å². The summed E-state index contributed by atoms with van der Waals surface area (Å²) in [7, 11) is 0. The molecule has 1 amide bonds. The van der Waals surface area contributed by atoms with Crippen LogP contribution in [-0.2, 0) is 16.1 Å². The molecule has 1 aliphatic heterocycles. The number of benzene rings is 1. The van der Waals surface area contributed by atoms with Gasteiger partial charge in [-0.05, 0) is 32.9 Å². The van der Waals surface area contributed by atoms with E-state index >= 15 is 0 Å². The number of nitrogens with zero attached hydrogens (tertiary/aromatic N) is 3. The van der Waals surface area contributed by atoms with Gasteiger partial charge in [-0.1, -0.05) is 22.0 Å². The number of hydrogen-bond donors (Lipinski definition) is 0. The lowest BCUT2D eigenvalue weighted by atomic mass is 10.1. The van der Waals surface area contributed by atoms with Crippen molar-refractivity contribution < 1.29 is 13.9 Å². The molecule has 0 saturated heterocycles. The van der Waals surface area contributed by atoms with E-state index in [-0.39, 0.29) is 36.2 Å². The van der Waals surface area contributed by atoms with Crippen molar-refractivity contribution in [3.05, 3.63) is 35.1 Å². The van der Waals surface area contributed by atoms with Gasteiger partial charge in [0.2, 0.25) is 11.8 Å². The molecule has 2 unspecified atom stereocenters. The molecule has 0 aliphatic carbocycles. The molecule has 5 nitrogen and oxygen atoms in total. The summed E-state index contributed by atoms with van der Waals surface area (Å²) in [5.74, 6) is -0.320. The molecule has 0 aromatic heterocycles. The van der Waals surface area contributed by atoms with Crippen molar-refractivity contribution in [3.8, 4) is 6.07 Å². The lowest BCUT2D eigenvalue weighted by Gasteiger charge is -2.36. The van der Waals surface area contributed by atoms with Crippen LogP contribution >= 0.6 is 15.9 Å². The van der Waals surface area contributed by atoms with Gasteiger partial charge in [0.25, 0.3) is 0 Å². The topological polar surface area (TPSA) is 65.7 Å². The van der Waals surface area contributed by atoms with Crippen LogP contribution in [0, 0.1) is 17.1 Å². The van der Waals surface area contributed by atoms with Gasteiger partial charge < -0.3 is 9.64 Å². The maximum absolute atomic E-state index is 13.1. The molecule has 1 aliphatic rings. The van der Waals surface area contributed by atoms with Gasteiger partial charge in [0.05, 0.1) is 11.6 Å². The molecule has 1 heterocycles. The van der Waals surface area contributed by atoms with Crippen molar-refractivity contribution in [2.75, 3.05) is 0 Å². The van der Waals surface area contributed by atoms with E-state index in [9.17, 15) is 9.18 Å². The average Bonchev–Trinajstić information content (AvgIpc) is 2.50. The van der Waals surface area contributed by atoms with Crippen molar-refractivity contribution in [1.82, 2.24) is 4.90 Å².